The SMILES string of the molecule is CCn1c(C)nc2cc(C(=O)NN=Cc3ccccc3Br)ccc21. The first kappa shape index (κ1) is 16.4. The first-order valence-corrected chi connectivity index (χ1v) is 8.44. The second kappa shape index (κ2) is 6.97. The maximum Gasteiger partial charge on any atom is 0.271 e. The van der Waals surface area contributed by atoms with Crippen LogP contribution >= 0.6 is 15.9 Å². The number of rotatable bonds is 4. The summed E-state index contributed by atoms with van der Waals surface area (Å²) in [7, 11) is 0. The molecule has 1 amide bonds. The van der Waals surface area contributed by atoms with Gasteiger partial charge in [-0.3, -0.25) is 4.79 Å². The van der Waals surface area contributed by atoms with Gasteiger partial charge in [-0.05, 0) is 38.1 Å². The smallest absolute Gasteiger partial charge is 0.271 e. The molecule has 0 saturated carbocycles. The van der Waals surface area contributed by atoms with Gasteiger partial charge in [0.15, 0.2) is 0 Å². The number of aromatic nitrogens is 2. The first-order chi connectivity index (χ1) is 11.6. The van der Waals surface area contributed by atoms with Gasteiger partial charge in [0.2, 0.25) is 0 Å². The number of imidazole rings is 1. The van der Waals surface area contributed by atoms with E-state index in [1.807, 2.05) is 37.3 Å². The molecular formula is C18H17BrN4O. The van der Waals surface area contributed by atoms with E-state index in [9.17, 15) is 4.79 Å². The van der Waals surface area contributed by atoms with Crippen LogP contribution in [0, 0.1) is 6.92 Å². The van der Waals surface area contributed by atoms with Gasteiger partial charge in [-0.25, -0.2) is 10.4 Å². The molecule has 5 nitrogen and oxygen atoms in total. The average Bonchev–Trinajstić information content (AvgIpc) is 2.90. The van der Waals surface area contributed by atoms with E-state index in [2.05, 4.69) is 42.9 Å². The Morgan fingerprint density at radius 2 is 2.12 bits per heavy atom. The molecule has 0 aliphatic rings. The zero-order valence-corrected chi connectivity index (χ0v) is 15.0. The van der Waals surface area contributed by atoms with Gasteiger partial charge in [0, 0.05) is 22.1 Å². The summed E-state index contributed by atoms with van der Waals surface area (Å²) in [4.78, 5) is 16.8. The lowest BCUT2D eigenvalue weighted by Gasteiger charge is -2.03. The molecular weight excluding hydrogens is 368 g/mol. The van der Waals surface area contributed by atoms with E-state index in [1.165, 1.54) is 0 Å². The Morgan fingerprint density at radius 3 is 2.88 bits per heavy atom. The maximum atomic E-state index is 12.3. The number of amides is 1. The van der Waals surface area contributed by atoms with Crippen LogP contribution in [0.25, 0.3) is 11.0 Å². The Morgan fingerprint density at radius 1 is 1.33 bits per heavy atom. The molecule has 0 aliphatic heterocycles. The number of hydrogen-bond acceptors (Lipinski definition) is 3. The third kappa shape index (κ3) is 3.23. The van der Waals surface area contributed by atoms with Crippen molar-refractivity contribution in [2.24, 2.45) is 5.10 Å². The topological polar surface area (TPSA) is 59.3 Å². The van der Waals surface area contributed by atoms with Crippen molar-refractivity contribution in [1.29, 1.82) is 0 Å². The fourth-order valence-electron chi connectivity index (χ4n) is 2.60. The van der Waals surface area contributed by atoms with Crippen LogP contribution in [0.1, 0.15) is 28.7 Å². The molecule has 0 saturated heterocycles. The van der Waals surface area contributed by atoms with Crippen LogP contribution < -0.4 is 5.43 Å². The lowest BCUT2D eigenvalue weighted by molar-refractivity contribution is 0.0955. The van der Waals surface area contributed by atoms with Crippen molar-refractivity contribution in [3.63, 3.8) is 0 Å². The fourth-order valence-corrected chi connectivity index (χ4v) is 2.98. The molecule has 1 N–H and O–H groups in total. The van der Waals surface area contributed by atoms with Gasteiger partial charge in [-0.1, -0.05) is 34.1 Å². The zero-order valence-electron chi connectivity index (χ0n) is 13.5. The van der Waals surface area contributed by atoms with E-state index in [0.29, 0.717) is 5.56 Å². The summed E-state index contributed by atoms with van der Waals surface area (Å²) in [5, 5.41) is 4.02. The largest absolute Gasteiger partial charge is 0.329 e. The van der Waals surface area contributed by atoms with Gasteiger partial charge in [0.05, 0.1) is 17.2 Å². The van der Waals surface area contributed by atoms with Crippen LogP contribution in [0.2, 0.25) is 0 Å². The minimum Gasteiger partial charge on any atom is -0.329 e. The van der Waals surface area contributed by atoms with Gasteiger partial charge in [-0.2, -0.15) is 5.10 Å². The number of carbonyl (C=O) groups is 1. The second-order valence-electron chi connectivity index (χ2n) is 5.33. The van der Waals surface area contributed by atoms with Crippen molar-refractivity contribution >= 4 is 39.1 Å². The molecule has 122 valence electrons. The Kier molecular flexibility index (Phi) is 4.76. The molecule has 3 aromatic rings. The molecule has 24 heavy (non-hydrogen) atoms. The molecule has 0 aliphatic carbocycles. The average molecular weight is 385 g/mol. The van der Waals surface area contributed by atoms with Crippen molar-refractivity contribution in [2.45, 2.75) is 20.4 Å². The molecule has 0 fully saturated rings. The van der Waals surface area contributed by atoms with Crippen molar-refractivity contribution in [2.75, 3.05) is 0 Å². The highest BCUT2D eigenvalue weighted by molar-refractivity contribution is 9.10. The lowest BCUT2D eigenvalue weighted by Crippen LogP contribution is -2.17. The van der Waals surface area contributed by atoms with E-state index in [1.54, 1.807) is 18.3 Å². The van der Waals surface area contributed by atoms with E-state index in [-0.39, 0.29) is 5.91 Å². The molecule has 0 atom stereocenters. The second-order valence-corrected chi connectivity index (χ2v) is 6.18. The number of halogens is 1. The summed E-state index contributed by atoms with van der Waals surface area (Å²) >= 11 is 3.44. The van der Waals surface area contributed by atoms with Crippen LogP contribution in [0.15, 0.2) is 52.0 Å². The molecule has 2 aromatic carbocycles. The highest BCUT2D eigenvalue weighted by Gasteiger charge is 2.10. The van der Waals surface area contributed by atoms with Crippen molar-refractivity contribution in [1.82, 2.24) is 15.0 Å². The highest BCUT2D eigenvalue weighted by atomic mass is 79.9. The molecule has 1 heterocycles. The summed E-state index contributed by atoms with van der Waals surface area (Å²) in [6.45, 7) is 4.89. The molecule has 3 rings (SSSR count). The summed E-state index contributed by atoms with van der Waals surface area (Å²) < 4.78 is 3.03. The highest BCUT2D eigenvalue weighted by Crippen LogP contribution is 2.18. The number of hydrazone groups is 1. The van der Waals surface area contributed by atoms with Crippen LogP contribution in [-0.4, -0.2) is 21.7 Å². The van der Waals surface area contributed by atoms with Crippen LogP contribution in [0.3, 0.4) is 0 Å². The molecule has 0 radical (unpaired) electrons. The van der Waals surface area contributed by atoms with Crippen molar-refractivity contribution in [3.8, 4) is 0 Å². The molecule has 1 aromatic heterocycles. The molecule has 0 unspecified atom stereocenters. The number of aryl methyl sites for hydroxylation is 2. The van der Waals surface area contributed by atoms with E-state index < -0.39 is 0 Å². The quantitative estimate of drug-likeness (QED) is 0.547. The minimum absolute atomic E-state index is 0.260. The minimum atomic E-state index is -0.260. The van der Waals surface area contributed by atoms with Crippen LogP contribution in [0.4, 0.5) is 0 Å². The number of nitrogens with one attached hydrogen (secondary N) is 1. The Labute approximate surface area is 148 Å². The third-order valence-corrected chi connectivity index (χ3v) is 4.51. The Balaban J connectivity index is 1.78. The van der Waals surface area contributed by atoms with Crippen molar-refractivity contribution < 1.29 is 4.79 Å². The summed E-state index contributed by atoms with van der Waals surface area (Å²) in [5.74, 6) is 0.681. The summed E-state index contributed by atoms with van der Waals surface area (Å²) in [6.07, 6.45) is 1.61. The van der Waals surface area contributed by atoms with Gasteiger partial charge in [0.1, 0.15) is 5.82 Å². The first-order valence-electron chi connectivity index (χ1n) is 7.65. The number of nitrogens with zero attached hydrogens (tertiary/aromatic N) is 3. The third-order valence-electron chi connectivity index (χ3n) is 3.79. The number of benzene rings is 2. The van der Waals surface area contributed by atoms with Gasteiger partial charge >= 0.3 is 0 Å². The van der Waals surface area contributed by atoms with Gasteiger partial charge in [-0.15, -0.1) is 0 Å². The van der Waals surface area contributed by atoms with E-state index >= 15 is 0 Å². The molecule has 6 heteroatoms. The predicted octanol–water partition coefficient (Wildman–Crippen LogP) is 3.89. The molecule has 0 spiro atoms. The fraction of sp³-hybridized carbons (Fsp3) is 0.167. The van der Waals surface area contributed by atoms with Crippen LogP contribution in [-0.2, 0) is 6.54 Å². The van der Waals surface area contributed by atoms with E-state index in [0.717, 1.165) is 33.4 Å². The number of carbonyl (C=O) groups excluding carboxylic acids is 1. The lowest BCUT2D eigenvalue weighted by atomic mass is 10.2. The van der Waals surface area contributed by atoms with Crippen molar-refractivity contribution in [3.05, 3.63) is 63.9 Å². The number of hydrogen-bond donors (Lipinski definition) is 1. The summed E-state index contributed by atoms with van der Waals surface area (Å²) in [6, 6.07) is 13.2. The molecule has 0 bridgehead atoms. The summed E-state index contributed by atoms with van der Waals surface area (Å²) in [5.41, 5.74) is 5.83. The number of fused-ring (bicyclic) bond motifs is 1. The standard InChI is InChI=1S/C18H17BrN4O/c1-3-23-12(2)21-16-10-13(8-9-17(16)23)18(24)22-20-11-14-6-4-5-7-15(14)19/h4-11H,3H2,1-2H3,(H,22,24). The monoisotopic (exact) mass is 384 g/mol. The van der Waals surface area contributed by atoms with Gasteiger partial charge in [0.25, 0.3) is 5.91 Å². The maximum absolute atomic E-state index is 12.3. The van der Waals surface area contributed by atoms with Crippen LogP contribution in [0.5, 0.6) is 0 Å². The predicted molar refractivity (Wildman–Crippen MR) is 99.3 cm³/mol. The zero-order chi connectivity index (χ0) is 17.1. The Hall–Kier alpha value is -2.47. The van der Waals surface area contributed by atoms with E-state index in [4.69, 9.17) is 0 Å². The van der Waals surface area contributed by atoms with Gasteiger partial charge < -0.3 is 4.57 Å². The Bertz CT molecular complexity index is 930. The normalized spacial score (nSPS) is 11.3.